The highest BCUT2D eigenvalue weighted by Gasteiger charge is 2.20. The molecule has 5 rings (SSSR count). The molecule has 7 heteroatoms. The monoisotopic (exact) mass is 337 g/mol. The van der Waals surface area contributed by atoms with Gasteiger partial charge in [-0.3, -0.25) is 0 Å². The molecule has 5 nitrogen and oxygen atoms in total. The van der Waals surface area contributed by atoms with Gasteiger partial charge in [-0.25, -0.2) is 4.98 Å². The van der Waals surface area contributed by atoms with E-state index in [2.05, 4.69) is 20.3 Å². The van der Waals surface area contributed by atoms with E-state index in [1.54, 1.807) is 4.52 Å². The van der Waals surface area contributed by atoms with Crippen molar-refractivity contribution in [3.63, 3.8) is 0 Å². The van der Waals surface area contributed by atoms with Gasteiger partial charge < -0.3 is 0 Å². The average molecular weight is 338 g/mol. The summed E-state index contributed by atoms with van der Waals surface area (Å²) in [6, 6.07) is 15.5. The first-order valence-electron chi connectivity index (χ1n) is 6.97. The van der Waals surface area contributed by atoms with Gasteiger partial charge in [-0.2, -0.15) is 9.61 Å². The number of aromatic nitrogens is 5. The minimum atomic E-state index is 0.664. The quantitative estimate of drug-likeness (QED) is 0.461. The first-order chi connectivity index (χ1) is 11.3. The summed E-state index contributed by atoms with van der Waals surface area (Å²) in [5, 5.41) is 15.7. The van der Waals surface area contributed by atoms with E-state index < -0.39 is 0 Å². The van der Waals surface area contributed by atoms with Crippen LogP contribution in [0, 0.1) is 0 Å². The summed E-state index contributed by atoms with van der Waals surface area (Å²) in [5.74, 6) is 0.714. The smallest absolute Gasteiger partial charge is 0.226 e. The van der Waals surface area contributed by atoms with Gasteiger partial charge in [0.25, 0.3) is 0 Å². The Morgan fingerprint density at radius 1 is 0.957 bits per heavy atom. The topological polar surface area (TPSA) is 56.0 Å². The van der Waals surface area contributed by atoms with Crippen LogP contribution in [0.4, 0.5) is 0 Å². The Balaban J connectivity index is 1.82. The molecule has 0 radical (unpaired) electrons. The van der Waals surface area contributed by atoms with E-state index in [1.165, 1.54) is 11.3 Å². The molecule has 0 bridgehead atoms. The van der Waals surface area contributed by atoms with Crippen LogP contribution < -0.4 is 0 Å². The summed E-state index contributed by atoms with van der Waals surface area (Å²) >= 11 is 7.72. The van der Waals surface area contributed by atoms with Gasteiger partial charge in [-0.1, -0.05) is 59.3 Å². The highest BCUT2D eigenvalue weighted by atomic mass is 35.5. The molecular formula is C16H8ClN5S. The molecule has 0 amide bonds. The lowest BCUT2D eigenvalue weighted by Gasteiger charge is -1.98. The number of hydrogen-bond acceptors (Lipinski definition) is 5. The third-order valence-corrected chi connectivity index (χ3v) is 4.96. The Morgan fingerprint density at radius 2 is 1.78 bits per heavy atom. The fourth-order valence-corrected chi connectivity index (χ4v) is 3.79. The normalized spacial score (nSPS) is 11.7. The molecule has 2 aliphatic rings. The zero-order valence-corrected chi connectivity index (χ0v) is 13.2. The van der Waals surface area contributed by atoms with E-state index in [1.807, 2.05) is 48.5 Å². The summed E-state index contributed by atoms with van der Waals surface area (Å²) in [4.78, 5) is 5.33. The van der Waals surface area contributed by atoms with Gasteiger partial charge in [0.2, 0.25) is 4.96 Å². The highest BCUT2D eigenvalue weighted by Crippen LogP contribution is 2.34. The van der Waals surface area contributed by atoms with Crippen molar-refractivity contribution >= 4 is 38.8 Å². The molecule has 0 aliphatic carbocycles. The van der Waals surface area contributed by atoms with Gasteiger partial charge in [0.1, 0.15) is 10.7 Å². The molecule has 0 N–H and O–H groups in total. The lowest BCUT2D eigenvalue weighted by molar-refractivity contribution is 0.886. The Labute approximate surface area is 139 Å². The maximum atomic E-state index is 6.27. The molecule has 110 valence electrons. The molecule has 3 heterocycles. The van der Waals surface area contributed by atoms with Crippen LogP contribution in [-0.4, -0.2) is 24.8 Å². The number of hydrogen-bond donors (Lipinski definition) is 0. The molecule has 2 aromatic carbocycles. The summed E-state index contributed by atoms with van der Waals surface area (Å²) in [6.45, 7) is 0. The first-order valence-corrected chi connectivity index (χ1v) is 8.16. The van der Waals surface area contributed by atoms with Crippen molar-refractivity contribution in [1.82, 2.24) is 24.8 Å². The predicted octanol–water partition coefficient (Wildman–Crippen LogP) is 4.16. The van der Waals surface area contributed by atoms with Crippen molar-refractivity contribution in [2.75, 3.05) is 0 Å². The average Bonchev–Trinajstić information content (AvgIpc) is 3.16. The molecule has 3 aromatic rings. The second-order valence-corrected chi connectivity index (χ2v) is 6.45. The zero-order chi connectivity index (χ0) is 15.4. The molecule has 0 spiro atoms. The number of para-hydroxylation sites is 1. The van der Waals surface area contributed by atoms with Crippen LogP contribution in [0.15, 0.2) is 48.5 Å². The van der Waals surface area contributed by atoms with Crippen molar-refractivity contribution in [3.8, 4) is 22.1 Å². The third-order valence-electron chi connectivity index (χ3n) is 3.70. The highest BCUT2D eigenvalue weighted by molar-refractivity contribution is 7.19. The van der Waals surface area contributed by atoms with Crippen LogP contribution in [0.25, 0.3) is 38.0 Å². The Kier molecular flexibility index (Phi) is 2.65. The first kappa shape index (κ1) is 12.9. The van der Waals surface area contributed by atoms with E-state index in [-0.39, 0.29) is 0 Å². The molecule has 0 saturated heterocycles. The van der Waals surface area contributed by atoms with Gasteiger partial charge >= 0.3 is 0 Å². The summed E-state index contributed by atoms with van der Waals surface area (Å²) in [7, 11) is 0. The molecule has 23 heavy (non-hydrogen) atoms. The fraction of sp³-hybridized carbons (Fsp3) is 0. The van der Waals surface area contributed by atoms with E-state index in [9.17, 15) is 0 Å². The van der Waals surface area contributed by atoms with E-state index in [4.69, 9.17) is 11.6 Å². The largest absolute Gasteiger partial charge is 0.235 e. The molecule has 0 fully saturated rings. The maximum Gasteiger partial charge on any atom is 0.235 e. The van der Waals surface area contributed by atoms with Gasteiger partial charge in [-0.15, -0.1) is 10.2 Å². The number of nitrogens with zero attached hydrogens (tertiary/aromatic N) is 5. The van der Waals surface area contributed by atoms with Crippen molar-refractivity contribution < 1.29 is 0 Å². The Morgan fingerprint density at radius 3 is 2.70 bits per heavy atom. The van der Waals surface area contributed by atoms with Gasteiger partial charge in [0.15, 0.2) is 5.82 Å². The minimum Gasteiger partial charge on any atom is -0.226 e. The molecular weight excluding hydrogens is 330 g/mol. The van der Waals surface area contributed by atoms with E-state index in [0.29, 0.717) is 15.8 Å². The van der Waals surface area contributed by atoms with Crippen molar-refractivity contribution in [2.24, 2.45) is 0 Å². The van der Waals surface area contributed by atoms with Crippen molar-refractivity contribution in [3.05, 3.63) is 53.6 Å². The summed E-state index contributed by atoms with van der Waals surface area (Å²) < 4.78 is 1.74. The van der Waals surface area contributed by atoms with E-state index in [0.717, 1.165) is 27.2 Å². The predicted molar refractivity (Wildman–Crippen MR) is 91.0 cm³/mol. The minimum absolute atomic E-state index is 0.664. The molecule has 0 atom stereocenters. The number of fused-ring (bicyclic) bond motifs is 5. The third kappa shape index (κ3) is 1.85. The van der Waals surface area contributed by atoms with Gasteiger partial charge in [0, 0.05) is 10.9 Å². The summed E-state index contributed by atoms with van der Waals surface area (Å²) in [6.07, 6.45) is 0. The van der Waals surface area contributed by atoms with Crippen LogP contribution in [0.3, 0.4) is 0 Å². The number of benzene rings is 2. The van der Waals surface area contributed by atoms with Crippen LogP contribution in [0.2, 0.25) is 5.02 Å². The van der Waals surface area contributed by atoms with Crippen LogP contribution in [0.5, 0.6) is 0 Å². The second-order valence-electron chi connectivity index (χ2n) is 5.08. The standard InChI is InChI=1S/C16H8ClN5S/c17-11-7-3-1-5-9(11)15-21-22-14-13(19-20-16(22)23-15)10-6-2-4-8-12(10)18-14/h1-8H. The second kappa shape index (κ2) is 4.71. The Hall–Kier alpha value is -2.57. The van der Waals surface area contributed by atoms with Crippen LogP contribution in [-0.2, 0) is 0 Å². The van der Waals surface area contributed by atoms with Crippen molar-refractivity contribution in [2.45, 2.75) is 0 Å². The van der Waals surface area contributed by atoms with Crippen LogP contribution in [0.1, 0.15) is 0 Å². The number of rotatable bonds is 1. The zero-order valence-electron chi connectivity index (χ0n) is 11.6. The Bertz CT molecular complexity index is 1150. The van der Waals surface area contributed by atoms with Crippen molar-refractivity contribution in [1.29, 1.82) is 0 Å². The molecule has 0 saturated carbocycles. The van der Waals surface area contributed by atoms with Gasteiger partial charge in [-0.05, 0) is 12.1 Å². The lowest BCUT2D eigenvalue weighted by Crippen LogP contribution is -1.99. The molecule has 0 unspecified atom stereocenters. The maximum absolute atomic E-state index is 6.27. The molecule has 1 aromatic heterocycles. The van der Waals surface area contributed by atoms with Crippen LogP contribution >= 0.6 is 22.9 Å². The SMILES string of the molecule is Clc1ccccc1-c1nn2c3nc4ccccc4c-3nnc2s1. The van der Waals surface area contributed by atoms with Gasteiger partial charge in [0.05, 0.1) is 10.5 Å². The van der Waals surface area contributed by atoms with E-state index >= 15 is 0 Å². The molecule has 2 aliphatic heterocycles. The summed E-state index contributed by atoms with van der Waals surface area (Å²) in [5.41, 5.74) is 2.53. The number of halogens is 1. The fourth-order valence-electron chi connectivity index (χ4n) is 2.63. The lowest BCUT2D eigenvalue weighted by atomic mass is 10.2.